The number of nitrogens with one attached hydrogen (secondary N) is 2. The molecule has 0 aliphatic carbocycles. The van der Waals surface area contributed by atoms with Crippen molar-refractivity contribution < 1.29 is 9.59 Å². The molecule has 0 unspecified atom stereocenters. The summed E-state index contributed by atoms with van der Waals surface area (Å²) in [6.07, 6.45) is 1.84. The van der Waals surface area contributed by atoms with Crippen molar-refractivity contribution in [1.29, 1.82) is 0 Å². The summed E-state index contributed by atoms with van der Waals surface area (Å²) in [6.45, 7) is 4.21. The quantitative estimate of drug-likeness (QED) is 0.568. The van der Waals surface area contributed by atoms with Gasteiger partial charge in [-0.05, 0) is 0 Å². The standard InChI is InChI=1S/C20H19AsN3O2S/c1-13(2)17-12-22-20(27-17)21-19(26)24-16-11-7-6-10-15(16)18(25)23-14-8-4-3-5-9-14/h3-13H,1-2H3,(H,23,25)(H,24,26). The molecule has 0 spiro atoms. The van der Waals surface area contributed by atoms with Gasteiger partial charge in [-0.1, -0.05) is 0 Å². The summed E-state index contributed by atoms with van der Waals surface area (Å²) in [5.74, 6) is 0.146. The van der Waals surface area contributed by atoms with Crippen LogP contribution in [0.5, 0.6) is 0 Å². The van der Waals surface area contributed by atoms with Crippen LogP contribution >= 0.6 is 11.3 Å². The van der Waals surface area contributed by atoms with Gasteiger partial charge in [-0.3, -0.25) is 0 Å². The molecule has 3 aromatic rings. The van der Waals surface area contributed by atoms with Gasteiger partial charge in [-0.25, -0.2) is 0 Å². The Morgan fingerprint density at radius 2 is 1.70 bits per heavy atom. The van der Waals surface area contributed by atoms with Crippen molar-refractivity contribution in [2.75, 3.05) is 10.6 Å². The summed E-state index contributed by atoms with van der Waals surface area (Å²) in [5, 5.41) is 5.72. The van der Waals surface area contributed by atoms with Gasteiger partial charge in [0, 0.05) is 0 Å². The van der Waals surface area contributed by atoms with E-state index in [0.717, 1.165) is 3.80 Å². The van der Waals surface area contributed by atoms with Crippen molar-refractivity contribution in [2.24, 2.45) is 0 Å². The molecule has 1 heterocycles. The van der Waals surface area contributed by atoms with Gasteiger partial charge in [0.1, 0.15) is 0 Å². The Kier molecular flexibility index (Phi) is 6.43. The molecule has 0 atom stereocenters. The maximum atomic E-state index is 12.6. The van der Waals surface area contributed by atoms with Gasteiger partial charge in [0.25, 0.3) is 0 Å². The Balaban J connectivity index is 1.69. The molecule has 7 heteroatoms. The van der Waals surface area contributed by atoms with Crippen molar-refractivity contribution in [3.63, 3.8) is 0 Å². The molecule has 2 aromatic carbocycles. The molecule has 0 aliphatic heterocycles. The molecule has 0 bridgehead atoms. The van der Waals surface area contributed by atoms with Crippen LogP contribution in [0.2, 0.25) is 0 Å². The number of rotatable bonds is 6. The normalized spacial score (nSPS) is 11.1. The Morgan fingerprint density at radius 1 is 1.00 bits per heavy atom. The number of thiazole rings is 1. The number of amides is 2. The van der Waals surface area contributed by atoms with Crippen LogP contribution in [-0.2, 0) is 0 Å². The minimum absolute atomic E-state index is 0.101. The number of aromatic nitrogens is 1. The van der Waals surface area contributed by atoms with E-state index in [2.05, 4.69) is 29.5 Å². The molecule has 137 valence electrons. The van der Waals surface area contributed by atoms with E-state index in [0.29, 0.717) is 22.9 Å². The third-order valence-electron chi connectivity index (χ3n) is 3.72. The van der Waals surface area contributed by atoms with Crippen LogP contribution in [0.3, 0.4) is 0 Å². The van der Waals surface area contributed by atoms with Crippen LogP contribution in [0.25, 0.3) is 0 Å². The van der Waals surface area contributed by atoms with Gasteiger partial charge in [-0.2, -0.15) is 0 Å². The van der Waals surface area contributed by atoms with E-state index in [1.165, 1.54) is 4.88 Å². The first-order valence-corrected chi connectivity index (χ1v) is 11.2. The van der Waals surface area contributed by atoms with E-state index in [1.54, 1.807) is 35.6 Å². The molecule has 2 N–H and O–H groups in total. The zero-order chi connectivity index (χ0) is 19.2. The average Bonchev–Trinajstić information content (AvgIpc) is 3.11. The Bertz CT molecular complexity index is 941. The second kappa shape index (κ2) is 8.98. The van der Waals surface area contributed by atoms with E-state index in [-0.39, 0.29) is 10.6 Å². The molecule has 0 saturated carbocycles. The fourth-order valence-corrected chi connectivity index (χ4v) is 5.40. The van der Waals surface area contributed by atoms with Crippen LogP contribution in [-0.4, -0.2) is 31.3 Å². The fraction of sp³-hybridized carbons (Fsp3) is 0.150. The molecular weight excluding hydrogens is 421 g/mol. The first-order valence-electron chi connectivity index (χ1n) is 8.47. The van der Waals surface area contributed by atoms with Gasteiger partial charge in [0.2, 0.25) is 0 Å². The number of anilines is 2. The molecule has 0 aliphatic rings. The average molecular weight is 440 g/mol. The van der Waals surface area contributed by atoms with E-state index in [9.17, 15) is 9.59 Å². The number of para-hydroxylation sites is 2. The Labute approximate surface area is 168 Å². The van der Waals surface area contributed by atoms with Crippen molar-refractivity contribution in [2.45, 2.75) is 19.8 Å². The molecule has 3 rings (SSSR count). The topological polar surface area (TPSA) is 71.1 Å². The first kappa shape index (κ1) is 19.3. The van der Waals surface area contributed by atoms with Gasteiger partial charge < -0.3 is 0 Å². The number of carbonyl (C=O) groups is 2. The third kappa shape index (κ3) is 5.28. The molecule has 2 amide bonds. The van der Waals surface area contributed by atoms with Crippen LogP contribution < -0.4 is 14.4 Å². The SMILES string of the molecule is CC(C)c1cnc([As]C(=O)Nc2ccccc2C(=O)Nc2ccccc2)s1. The van der Waals surface area contributed by atoms with Crippen LogP contribution in [0.15, 0.2) is 60.8 Å². The van der Waals surface area contributed by atoms with Crippen molar-refractivity contribution in [1.82, 2.24) is 4.98 Å². The van der Waals surface area contributed by atoms with Crippen molar-refractivity contribution in [3.05, 3.63) is 71.2 Å². The van der Waals surface area contributed by atoms with Gasteiger partial charge in [0.05, 0.1) is 0 Å². The third-order valence-corrected chi connectivity index (χ3v) is 7.18. The summed E-state index contributed by atoms with van der Waals surface area (Å²) < 4.78 is 0.759. The van der Waals surface area contributed by atoms with E-state index >= 15 is 0 Å². The van der Waals surface area contributed by atoms with Gasteiger partial charge >= 0.3 is 169 Å². The summed E-state index contributed by atoms with van der Waals surface area (Å²) in [4.78, 5) is 30.6. The zero-order valence-corrected chi connectivity index (χ0v) is 17.7. The number of nitrogens with zero attached hydrogens (tertiary/aromatic N) is 1. The maximum absolute atomic E-state index is 12.6. The number of hydrogen-bond acceptors (Lipinski definition) is 4. The molecule has 5 nitrogen and oxygen atoms in total. The monoisotopic (exact) mass is 440 g/mol. The Morgan fingerprint density at radius 3 is 2.41 bits per heavy atom. The number of carbonyl (C=O) groups excluding carboxylic acids is 2. The fourth-order valence-electron chi connectivity index (χ4n) is 2.34. The second-order valence-corrected chi connectivity index (χ2v) is 10.0. The molecular formula is C20H19AsN3O2S. The first-order chi connectivity index (χ1) is 13.0. The molecule has 0 saturated heterocycles. The summed E-state index contributed by atoms with van der Waals surface area (Å²) in [5.41, 5.74) is 1.64. The van der Waals surface area contributed by atoms with E-state index in [4.69, 9.17) is 0 Å². The van der Waals surface area contributed by atoms with E-state index < -0.39 is 15.8 Å². The number of hydrogen-bond donors (Lipinski definition) is 2. The molecule has 1 aromatic heterocycles. The molecule has 0 fully saturated rings. The summed E-state index contributed by atoms with van der Waals surface area (Å²) >= 11 is 0.824. The predicted molar refractivity (Wildman–Crippen MR) is 111 cm³/mol. The predicted octanol–water partition coefficient (Wildman–Crippen LogP) is 4.08. The van der Waals surface area contributed by atoms with Gasteiger partial charge in [0.15, 0.2) is 0 Å². The Hall–Kier alpha value is -2.43. The zero-order valence-electron chi connectivity index (χ0n) is 15.0. The van der Waals surface area contributed by atoms with Crippen LogP contribution in [0.1, 0.15) is 35.0 Å². The van der Waals surface area contributed by atoms with Gasteiger partial charge in [-0.15, -0.1) is 0 Å². The minimum atomic E-state index is -0.759. The van der Waals surface area contributed by atoms with Crippen molar-refractivity contribution >= 4 is 52.9 Å². The second-order valence-electron chi connectivity index (χ2n) is 6.11. The summed E-state index contributed by atoms with van der Waals surface area (Å²) in [6, 6.07) is 16.2. The van der Waals surface area contributed by atoms with Crippen LogP contribution in [0, 0.1) is 0 Å². The molecule has 27 heavy (non-hydrogen) atoms. The van der Waals surface area contributed by atoms with Crippen LogP contribution in [0.4, 0.5) is 16.2 Å². The van der Waals surface area contributed by atoms with Crippen molar-refractivity contribution in [3.8, 4) is 0 Å². The molecule has 1 radical (unpaired) electrons. The van der Waals surface area contributed by atoms with E-state index in [1.807, 2.05) is 36.5 Å². The number of benzene rings is 2. The summed E-state index contributed by atoms with van der Waals surface area (Å²) in [7, 11) is 0.